The summed E-state index contributed by atoms with van der Waals surface area (Å²) in [5, 5.41) is 19.7. The molecule has 1 saturated heterocycles. The molecule has 0 radical (unpaired) electrons. The number of aryl methyl sites for hydroxylation is 2. The van der Waals surface area contributed by atoms with Crippen molar-refractivity contribution in [3.8, 4) is 0 Å². The minimum absolute atomic E-state index is 0.0778. The molecule has 0 bridgehead atoms. The highest BCUT2D eigenvalue weighted by Crippen LogP contribution is 2.26. The van der Waals surface area contributed by atoms with Crippen LogP contribution in [0.2, 0.25) is 0 Å². The number of carbonyl (C=O) groups is 1. The molecular formula is C27H36FNO4. The summed E-state index contributed by atoms with van der Waals surface area (Å²) in [6.45, 7) is 7.33. The predicted molar refractivity (Wildman–Crippen MR) is 127 cm³/mol. The fraction of sp³-hybridized carbons (Fsp3) is 0.519. The molecule has 6 heteroatoms. The van der Waals surface area contributed by atoms with E-state index in [0.717, 1.165) is 48.1 Å². The maximum Gasteiger partial charge on any atom is 0.303 e. The van der Waals surface area contributed by atoms with Crippen molar-refractivity contribution in [3.05, 3.63) is 70.0 Å². The molecule has 0 unspecified atom stereocenters. The summed E-state index contributed by atoms with van der Waals surface area (Å²) >= 11 is 0. The zero-order valence-corrected chi connectivity index (χ0v) is 19.9. The Morgan fingerprint density at radius 3 is 2.76 bits per heavy atom. The lowest BCUT2D eigenvalue weighted by molar-refractivity contribution is -0.136. The number of aliphatic carboxylic acids is 1. The number of hydrogen-bond acceptors (Lipinski definition) is 4. The minimum Gasteiger partial charge on any atom is -0.481 e. The van der Waals surface area contributed by atoms with Gasteiger partial charge in [-0.2, -0.15) is 0 Å². The second kappa shape index (κ2) is 11.7. The summed E-state index contributed by atoms with van der Waals surface area (Å²) in [5.41, 5.74) is 4.68. The van der Waals surface area contributed by atoms with Crippen LogP contribution < -0.4 is 0 Å². The van der Waals surface area contributed by atoms with E-state index in [-0.39, 0.29) is 24.9 Å². The first-order chi connectivity index (χ1) is 15.7. The lowest BCUT2D eigenvalue weighted by Crippen LogP contribution is -2.39. The Morgan fingerprint density at radius 1 is 1.24 bits per heavy atom. The van der Waals surface area contributed by atoms with Gasteiger partial charge >= 0.3 is 5.97 Å². The molecule has 0 aromatic heterocycles. The molecule has 0 aliphatic carbocycles. The van der Waals surface area contributed by atoms with Gasteiger partial charge in [0.15, 0.2) is 0 Å². The number of benzene rings is 2. The first-order valence-corrected chi connectivity index (χ1v) is 11.8. The van der Waals surface area contributed by atoms with Crippen LogP contribution >= 0.6 is 0 Å². The van der Waals surface area contributed by atoms with Gasteiger partial charge < -0.3 is 14.9 Å². The number of halogens is 1. The van der Waals surface area contributed by atoms with Crippen molar-refractivity contribution in [2.75, 3.05) is 19.7 Å². The Balaban J connectivity index is 1.54. The molecule has 1 fully saturated rings. The van der Waals surface area contributed by atoms with Gasteiger partial charge in [-0.15, -0.1) is 0 Å². The second-order valence-electron chi connectivity index (χ2n) is 9.24. The van der Waals surface area contributed by atoms with Crippen LogP contribution in [0.1, 0.15) is 60.1 Å². The number of likely N-dealkylation sites (tertiary alicyclic amines) is 1. The highest BCUT2D eigenvalue weighted by molar-refractivity contribution is 5.67. The third kappa shape index (κ3) is 7.10. The summed E-state index contributed by atoms with van der Waals surface area (Å²) in [4.78, 5) is 13.3. The zero-order valence-electron chi connectivity index (χ0n) is 19.9. The van der Waals surface area contributed by atoms with E-state index >= 15 is 0 Å². The van der Waals surface area contributed by atoms with Gasteiger partial charge in [-0.3, -0.25) is 9.69 Å². The van der Waals surface area contributed by atoms with Crippen molar-refractivity contribution >= 4 is 5.97 Å². The number of rotatable bonds is 11. The molecular weight excluding hydrogens is 421 g/mol. The monoisotopic (exact) mass is 457 g/mol. The van der Waals surface area contributed by atoms with Crippen molar-refractivity contribution in [1.29, 1.82) is 0 Å². The van der Waals surface area contributed by atoms with Crippen molar-refractivity contribution in [1.82, 2.24) is 4.90 Å². The van der Waals surface area contributed by atoms with Crippen molar-refractivity contribution < 1.29 is 24.1 Å². The molecule has 0 saturated carbocycles. The quantitative estimate of drug-likeness (QED) is 0.516. The molecule has 5 nitrogen and oxygen atoms in total. The maximum atomic E-state index is 13.9. The van der Waals surface area contributed by atoms with Gasteiger partial charge in [0, 0.05) is 19.0 Å². The summed E-state index contributed by atoms with van der Waals surface area (Å²) in [7, 11) is 0. The summed E-state index contributed by atoms with van der Waals surface area (Å²) < 4.78 is 19.9. The lowest BCUT2D eigenvalue weighted by atomic mass is 9.95. The largest absolute Gasteiger partial charge is 0.481 e. The van der Waals surface area contributed by atoms with Gasteiger partial charge in [0.05, 0.1) is 18.8 Å². The van der Waals surface area contributed by atoms with Crippen LogP contribution in [-0.2, 0) is 22.4 Å². The molecule has 2 aromatic rings. The van der Waals surface area contributed by atoms with E-state index in [1.54, 1.807) is 13.0 Å². The maximum absolute atomic E-state index is 13.9. The van der Waals surface area contributed by atoms with Crippen molar-refractivity contribution in [3.63, 3.8) is 0 Å². The molecule has 180 valence electrons. The highest BCUT2D eigenvalue weighted by atomic mass is 19.1. The zero-order chi connectivity index (χ0) is 24.0. The van der Waals surface area contributed by atoms with E-state index in [9.17, 15) is 14.3 Å². The summed E-state index contributed by atoms with van der Waals surface area (Å²) in [6, 6.07) is 11.6. The molecule has 3 atom stereocenters. The molecule has 2 aromatic carbocycles. The van der Waals surface area contributed by atoms with Crippen LogP contribution in [0, 0.1) is 19.7 Å². The van der Waals surface area contributed by atoms with Crippen LogP contribution in [0.5, 0.6) is 0 Å². The fourth-order valence-corrected chi connectivity index (χ4v) is 4.75. The standard InChI is InChI=1S/C27H36FNO4/c1-18-6-4-8-25(24(18)11-12-27(31)32)20(3)33-17-23(30)16-29-13-5-7-22(29)14-21-10-9-19(2)26(28)15-21/h4,6,8-10,15,20,22-23,30H,5,7,11-14,16-17H2,1-3H3,(H,31,32)/t20-,22+,23+/m1/s1. The summed E-state index contributed by atoms with van der Waals surface area (Å²) in [6.07, 6.45) is 2.55. The Hall–Kier alpha value is -2.28. The smallest absolute Gasteiger partial charge is 0.303 e. The molecule has 0 amide bonds. The third-order valence-corrected chi connectivity index (χ3v) is 6.66. The molecule has 1 heterocycles. The topological polar surface area (TPSA) is 70.0 Å². The van der Waals surface area contributed by atoms with Crippen LogP contribution in [0.15, 0.2) is 36.4 Å². The highest BCUT2D eigenvalue weighted by Gasteiger charge is 2.27. The van der Waals surface area contributed by atoms with E-state index in [1.807, 2.05) is 44.2 Å². The number of carboxylic acids is 1. The number of β-amino-alcohol motifs (C(OH)–C–C–N with tert-alkyl or cyclic N) is 1. The van der Waals surface area contributed by atoms with Crippen LogP contribution in [-0.4, -0.2) is 52.9 Å². The molecule has 1 aliphatic heterocycles. The molecule has 1 aliphatic rings. The third-order valence-electron chi connectivity index (χ3n) is 6.66. The van der Waals surface area contributed by atoms with E-state index in [4.69, 9.17) is 9.84 Å². The van der Waals surface area contributed by atoms with E-state index in [0.29, 0.717) is 24.6 Å². The minimum atomic E-state index is -0.818. The Kier molecular flexibility index (Phi) is 9.01. The fourth-order valence-electron chi connectivity index (χ4n) is 4.75. The number of carboxylic acid groups (broad SMARTS) is 1. The molecule has 3 rings (SSSR count). The number of aliphatic hydroxyl groups excluding tert-OH is 1. The molecule has 2 N–H and O–H groups in total. The van der Waals surface area contributed by atoms with Gasteiger partial charge in [0.1, 0.15) is 5.82 Å². The number of aliphatic hydroxyl groups is 1. The Morgan fingerprint density at radius 2 is 2.03 bits per heavy atom. The van der Waals surface area contributed by atoms with Crippen LogP contribution in [0.4, 0.5) is 4.39 Å². The normalized spacial score (nSPS) is 18.4. The lowest BCUT2D eigenvalue weighted by Gasteiger charge is -2.28. The van der Waals surface area contributed by atoms with Crippen LogP contribution in [0.3, 0.4) is 0 Å². The van der Waals surface area contributed by atoms with Gasteiger partial charge in [0.2, 0.25) is 0 Å². The Labute approximate surface area is 196 Å². The number of ether oxygens (including phenoxy) is 1. The van der Waals surface area contributed by atoms with E-state index in [1.165, 1.54) is 0 Å². The predicted octanol–water partition coefficient (Wildman–Crippen LogP) is 4.61. The Bertz CT molecular complexity index is 948. The van der Waals surface area contributed by atoms with Gasteiger partial charge in [-0.05, 0) is 86.9 Å². The van der Waals surface area contributed by atoms with Gasteiger partial charge in [-0.1, -0.05) is 30.3 Å². The average Bonchev–Trinajstić information content (AvgIpc) is 3.19. The SMILES string of the molecule is Cc1ccc(C[C@@H]2CCCN2C[C@H](O)CO[C@H](C)c2cccc(C)c2CCC(=O)O)cc1F. The average molecular weight is 458 g/mol. The van der Waals surface area contributed by atoms with Crippen LogP contribution in [0.25, 0.3) is 0 Å². The second-order valence-corrected chi connectivity index (χ2v) is 9.24. The number of nitrogens with zero attached hydrogens (tertiary/aromatic N) is 1. The number of hydrogen-bond donors (Lipinski definition) is 2. The van der Waals surface area contributed by atoms with E-state index < -0.39 is 12.1 Å². The molecule has 0 spiro atoms. The first-order valence-electron chi connectivity index (χ1n) is 11.8. The van der Waals surface area contributed by atoms with Crippen molar-refractivity contribution in [2.24, 2.45) is 0 Å². The van der Waals surface area contributed by atoms with E-state index in [2.05, 4.69) is 4.90 Å². The molecule has 33 heavy (non-hydrogen) atoms. The summed E-state index contributed by atoms with van der Waals surface area (Å²) in [5.74, 6) is -0.986. The van der Waals surface area contributed by atoms with Gasteiger partial charge in [-0.25, -0.2) is 4.39 Å². The van der Waals surface area contributed by atoms with Gasteiger partial charge in [0.25, 0.3) is 0 Å². The first kappa shape index (κ1) is 25.3. The van der Waals surface area contributed by atoms with Crippen molar-refractivity contribution in [2.45, 2.75) is 71.1 Å².